The van der Waals surface area contributed by atoms with Gasteiger partial charge in [-0.15, -0.1) is 0 Å². The first kappa shape index (κ1) is 13.6. The molecule has 1 amide bonds. The Hall–Kier alpha value is -0.810. The Morgan fingerprint density at radius 1 is 1.44 bits per heavy atom. The lowest BCUT2D eigenvalue weighted by molar-refractivity contribution is -0.0633. The summed E-state index contributed by atoms with van der Waals surface area (Å²) in [5.74, 6) is 0.455. The van der Waals surface area contributed by atoms with Crippen LogP contribution in [0.2, 0.25) is 0 Å². The van der Waals surface area contributed by atoms with Crippen molar-refractivity contribution in [2.24, 2.45) is 17.6 Å². The van der Waals surface area contributed by atoms with Gasteiger partial charge < -0.3 is 20.5 Å². The first-order chi connectivity index (χ1) is 8.15. The third-order valence-corrected chi connectivity index (χ3v) is 4.06. The molecule has 0 aromatic heterocycles. The second kappa shape index (κ2) is 4.10. The van der Waals surface area contributed by atoms with Crippen molar-refractivity contribution in [2.45, 2.75) is 51.4 Å². The maximum Gasteiger partial charge on any atom is 0.410 e. The Morgan fingerprint density at radius 2 is 2.06 bits per heavy atom. The normalized spacial score (nSPS) is 33.9. The van der Waals surface area contributed by atoms with Crippen LogP contribution in [0, 0.1) is 11.8 Å². The minimum Gasteiger partial charge on any atom is -0.444 e. The predicted octanol–water partition coefficient (Wildman–Crippen LogP) is 0.952. The number of rotatable bonds is 2. The third kappa shape index (κ3) is 2.21. The molecule has 5 heteroatoms. The first-order valence-corrected chi connectivity index (χ1v) is 6.58. The monoisotopic (exact) mass is 256 g/mol. The highest BCUT2D eigenvalue weighted by molar-refractivity contribution is 5.70. The number of fused-ring (bicyclic) bond motifs is 1. The van der Waals surface area contributed by atoms with E-state index in [4.69, 9.17) is 10.5 Å². The van der Waals surface area contributed by atoms with Crippen LogP contribution >= 0.6 is 0 Å². The number of amides is 1. The number of hydrogen-bond donors (Lipinski definition) is 2. The van der Waals surface area contributed by atoms with Crippen molar-refractivity contribution in [3.63, 3.8) is 0 Å². The van der Waals surface area contributed by atoms with Crippen molar-refractivity contribution in [3.05, 3.63) is 0 Å². The molecule has 18 heavy (non-hydrogen) atoms. The second-order valence-electron chi connectivity index (χ2n) is 6.78. The molecule has 2 unspecified atom stereocenters. The van der Waals surface area contributed by atoms with E-state index in [0.29, 0.717) is 12.5 Å². The van der Waals surface area contributed by atoms with Crippen LogP contribution in [0.15, 0.2) is 0 Å². The van der Waals surface area contributed by atoms with E-state index in [-0.39, 0.29) is 24.6 Å². The molecular formula is C13H24N2O3. The lowest BCUT2D eigenvalue weighted by Crippen LogP contribution is -2.56. The van der Waals surface area contributed by atoms with E-state index < -0.39 is 11.2 Å². The van der Waals surface area contributed by atoms with Crippen molar-refractivity contribution in [2.75, 3.05) is 13.1 Å². The van der Waals surface area contributed by atoms with Gasteiger partial charge in [0, 0.05) is 25.0 Å². The summed E-state index contributed by atoms with van der Waals surface area (Å²) in [4.78, 5) is 13.8. The van der Waals surface area contributed by atoms with Crippen molar-refractivity contribution in [1.29, 1.82) is 0 Å². The van der Waals surface area contributed by atoms with E-state index in [1.165, 1.54) is 0 Å². The average Bonchev–Trinajstić information content (AvgIpc) is 2.71. The fourth-order valence-corrected chi connectivity index (χ4v) is 3.21. The van der Waals surface area contributed by atoms with Gasteiger partial charge in [0.25, 0.3) is 0 Å². The number of hydrogen-bond acceptors (Lipinski definition) is 4. The fraction of sp³-hybridized carbons (Fsp3) is 0.923. The number of carbonyl (C=O) groups is 1. The van der Waals surface area contributed by atoms with E-state index in [9.17, 15) is 9.90 Å². The van der Waals surface area contributed by atoms with Gasteiger partial charge in [-0.3, -0.25) is 0 Å². The zero-order valence-electron chi connectivity index (χ0n) is 11.6. The Labute approximate surface area is 108 Å². The van der Waals surface area contributed by atoms with Crippen molar-refractivity contribution < 1.29 is 14.6 Å². The number of aliphatic hydroxyl groups is 1. The van der Waals surface area contributed by atoms with Crippen LogP contribution in [0.5, 0.6) is 0 Å². The van der Waals surface area contributed by atoms with Crippen LogP contribution in [0.4, 0.5) is 4.79 Å². The van der Waals surface area contributed by atoms with Crippen LogP contribution in [-0.2, 0) is 4.74 Å². The van der Waals surface area contributed by atoms with Crippen LogP contribution in [0.3, 0.4) is 0 Å². The molecule has 2 aliphatic heterocycles. The number of carbonyl (C=O) groups excluding carboxylic acids is 1. The summed E-state index contributed by atoms with van der Waals surface area (Å²) in [6, 6.07) is 0.0865. The van der Waals surface area contributed by atoms with E-state index in [2.05, 4.69) is 0 Å². The minimum absolute atomic E-state index is 0.0865. The number of nitrogens with two attached hydrogens (primary N) is 1. The topological polar surface area (TPSA) is 75.8 Å². The molecular weight excluding hydrogens is 232 g/mol. The molecule has 2 bridgehead atoms. The van der Waals surface area contributed by atoms with Gasteiger partial charge in [-0.2, -0.15) is 0 Å². The Kier molecular flexibility index (Phi) is 3.10. The lowest BCUT2D eigenvalue weighted by atomic mass is 9.65. The Morgan fingerprint density at radius 3 is 2.56 bits per heavy atom. The van der Waals surface area contributed by atoms with Gasteiger partial charge in [0.2, 0.25) is 0 Å². The van der Waals surface area contributed by atoms with E-state index >= 15 is 0 Å². The second-order valence-corrected chi connectivity index (χ2v) is 6.78. The zero-order chi connectivity index (χ0) is 13.7. The molecule has 3 aliphatic rings. The molecule has 4 atom stereocenters. The summed E-state index contributed by atoms with van der Waals surface area (Å²) in [5, 5.41) is 10.3. The molecule has 2 saturated heterocycles. The van der Waals surface area contributed by atoms with Gasteiger partial charge in [0.15, 0.2) is 0 Å². The molecule has 2 heterocycles. The summed E-state index contributed by atoms with van der Waals surface area (Å²) in [6.45, 7) is 8.25. The quantitative estimate of drug-likeness (QED) is 0.771. The third-order valence-electron chi connectivity index (χ3n) is 4.06. The summed E-state index contributed by atoms with van der Waals surface area (Å²) >= 11 is 0. The molecule has 1 aliphatic carbocycles. The van der Waals surface area contributed by atoms with Crippen LogP contribution in [0.1, 0.15) is 34.1 Å². The highest BCUT2D eigenvalue weighted by atomic mass is 16.6. The molecule has 5 nitrogen and oxygen atoms in total. The van der Waals surface area contributed by atoms with Gasteiger partial charge in [0.1, 0.15) is 5.60 Å². The maximum atomic E-state index is 12.0. The molecule has 0 aromatic carbocycles. The molecule has 0 spiro atoms. The summed E-state index contributed by atoms with van der Waals surface area (Å²) < 4.78 is 5.39. The maximum absolute atomic E-state index is 12.0. The average molecular weight is 256 g/mol. The fourth-order valence-electron chi connectivity index (χ4n) is 3.21. The summed E-state index contributed by atoms with van der Waals surface area (Å²) in [6.07, 6.45) is 0.686. The Balaban J connectivity index is 2.02. The summed E-state index contributed by atoms with van der Waals surface area (Å²) in [5.41, 5.74) is 4.25. The van der Waals surface area contributed by atoms with Gasteiger partial charge in [0.05, 0.1) is 5.60 Å². The largest absolute Gasteiger partial charge is 0.444 e. The van der Waals surface area contributed by atoms with Gasteiger partial charge in [-0.05, 0) is 40.0 Å². The predicted molar refractivity (Wildman–Crippen MR) is 68.0 cm³/mol. The lowest BCUT2D eigenvalue weighted by Gasteiger charge is -2.45. The highest BCUT2D eigenvalue weighted by Gasteiger charge is 2.60. The number of nitrogens with zero attached hydrogens (tertiary/aromatic N) is 1. The molecule has 1 saturated carbocycles. The molecule has 0 aromatic rings. The molecule has 3 N–H and O–H groups in total. The number of ether oxygens (including phenoxy) is 1. The zero-order valence-corrected chi connectivity index (χ0v) is 11.6. The van der Waals surface area contributed by atoms with E-state index in [1.807, 2.05) is 20.8 Å². The van der Waals surface area contributed by atoms with Crippen LogP contribution in [-0.4, -0.2) is 46.4 Å². The minimum atomic E-state index is -0.885. The van der Waals surface area contributed by atoms with E-state index in [0.717, 1.165) is 6.42 Å². The van der Waals surface area contributed by atoms with Crippen LogP contribution < -0.4 is 5.73 Å². The van der Waals surface area contributed by atoms with Gasteiger partial charge in [-0.25, -0.2) is 4.79 Å². The van der Waals surface area contributed by atoms with Gasteiger partial charge >= 0.3 is 6.09 Å². The van der Waals surface area contributed by atoms with Crippen LogP contribution in [0.25, 0.3) is 0 Å². The first-order valence-electron chi connectivity index (χ1n) is 6.58. The standard InChI is InChI=1S/C13H24N2O3/c1-12(2,3)18-11(16)15-6-8-5-9(15)10(8)13(4,17)7-14/h8-10,17H,5-7,14H2,1-4H3/t8-,9-,10?,13?/m0/s1. The molecule has 3 rings (SSSR count). The Bertz CT molecular complexity index is 349. The SMILES string of the molecule is CC(C)(C)OC(=O)N1C[C@@H]2C[C@H]1C2C(C)(O)CN. The van der Waals surface area contributed by atoms with E-state index in [1.54, 1.807) is 11.8 Å². The van der Waals surface area contributed by atoms with Crippen molar-refractivity contribution >= 4 is 6.09 Å². The highest BCUT2D eigenvalue weighted by Crippen LogP contribution is 2.51. The van der Waals surface area contributed by atoms with Crippen molar-refractivity contribution in [3.8, 4) is 0 Å². The molecule has 3 fully saturated rings. The van der Waals surface area contributed by atoms with Gasteiger partial charge in [-0.1, -0.05) is 0 Å². The molecule has 104 valence electrons. The smallest absolute Gasteiger partial charge is 0.410 e. The molecule has 0 radical (unpaired) electrons. The summed E-state index contributed by atoms with van der Waals surface area (Å²) in [7, 11) is 0. The van der Waals surface area contributed by atoms with Crippen molar-refractivity contribution in [1.82, 2.24) is 4.90 Å².